The minimum absolute atomic E-state index is 0.0589. The fraction of sp³-hybridized carbons (Fsp3) is 0.417. The Labute approximate surface area is 129 Å². The zero-order valence-electron chi connectivity index (χ0n) is 11.4. The lowest BCUT2D eigenvalue weighted by atomic mass is 10.1. The first-order valence-corrected chi connectivity index (χ1v) is 8.00. The molecule has 0 aromatic heterocycles. The highest BCUT2D eigenvalue weighted by Gasteiger charge is 2.24. The van der Waals surface area contributed by atoms with Crippen LogP contribution >= 0.6 is 23.8 Å². The van der Waals surface area contributed by atoms with Gasteiger partial charge in [-0.05, 0) is 26.0 Å². The van der Waals surface area contributed by atoms with Gasteiger partial charge in [-0.1, -0.05) is 29.9 Å². The highest BCUT2D eigenvalue weighted by atomic mass is 35.5. The second-order valence-corrected chi connectivity index (χ2v) is 7.38. The van der Waals surface area contributed by atoms with Crippen LogP contribution in [0.4, 0.5) is 0 Å². The van der Waals surface area contributed by atoms with Crippen molar-refractivity contribution >= 4 is 38.8 Å². The Morgan fingerprint density at radius 1 is 1.50 bits per heavy atom. The first-order valence-electron chi connectivity index (χ1n) is 5.73. The molecule has 0 saturated carbocycles. The van der Waals surface area contributed by atoms with Crippen molar-refractivity contribution in [1.29, 1.82) is 0 Å². The van der Waals surface area contributed by atoms with Crippen molar-refractivity contribution in [2.24, 2.45) is 5.73 Å². The maximum Gasteiger partial charge on any atom is 0.242 e. The van der Waals surface area contributed by atoms with E-state index in [1.54, 1.807) is 19.9 Å². The Hall–Kier alpha value is -0.730. The van der Waals surface area contributed by atoms with Gasteiger partial charge in [0.15, 0.2) is 0 Å². The van der Waals surface area contributed by atoms with Gasteiger partial charge < -0.3 is 10.5 Å². The number of nitrogens with one attached hydrogen (secondary N) is 1. The van der Waals surface area contributed by atoms with Gasteiger partial charge in [-0.15, -0.1) is 0 Å². The van der Waals surface area contributed by atoms with Crippen molar-refractivity contribution in [1.82, 2.24) is 4.72 Å². The van der Waals surface area contributed by atoms with Gasteiger partial charge in [-0.3, -0.25) is 0 Å². The summed E-state index contributed by atoms with van der Waals surface area (Å²) in [6.45, 7) is 3.64. The molecule has 0 bridgehead atoms. The van der Waals surface area contributed by atoms with Crippen LogP contribution < -0.4 is 10.5 Å². The quantitative estimate of drug-likeness (QED) is 0.772. The third kappa shape index (κ3) is 4.39. The van der Waals surface area contributed by atoms with Gasteiger partial charge in [0.1, 0.15) is 9.88 Å². The van der Waals surface area contributed by atoms with E-state index >= 15 is 0 Å². The number of hydrogen-bond donors (Lipinski definition) is 2. The number of thiocarbonyl (C=S) groups is 1. The maximum atomic E-state index is 12.3. The number of sulfonamides is 1. The number of nitrogens with two attached hydrogens (primary N) is 1. The Morgan fingerprint density at radius 3 is 2.60 bits per heavy atom. The van der Waals surface area contributed by atoms with Crippen LogP contribution in [0, 0.1) is 0 Å². The molecule has 0 fully saturated rings. The molecule has 0 unspecified atom stereocenters. The number of hydrogen-bond acceptors (Lipinski definition) is 4. The van der Waals surface area contributed by atoms with Crippen molar-refractivity contribution in [3.05, 3.63) is 28.8 Å². The molecule has 112 valence electrons. The van der Waals surface area contributed by atoms with E-state index in [4.69, 9.17) is 34.3 Å². The molecule has 20 heavy (non-hydrogen) atoms. The number of methoxy groups -OCH3 is 1. The van der Waals surface area contributed by atoms with Crippen LogP contribution in [0.2, 0.25) is 5.02 Å². The standard InChI is InChI=1S/C12H17ClN2O3S2/c1-12(2,18-3)7-15-20(16,17)10-6-8(11(14)19)4-5-9(10)13/h4-6,15H,7H2,1-3H3,(H2,14,19). The Balaban J connectivity index is 3.09. The van der Waals surface area contributed by atoms with Gasteiger partial charge >= 0.3 is 0 Å². The van der Waals surface area contributed by atoms with Gasteiger partial charge in [-0.2, -0.15) is 0 Å². The van der Waals surface area contributed by atoms with Crippen molar-refractivity contribution in [3.63, 3.8) is 0 Å². The molecule has 1 aromatic rings. The molecule has 1 aromatic carbocycles. The van der Waals surface area contributed by atoms with Crippen LogP contribution in [-0.2, 0) is 14.8 Å². The van der Waals surface area contributed by atoms with Crippen molar-refractivity contribution < 1.29 is 13.2 Å². The lowest BCUT2D eigenvalue weighted by Gasteiger charge is -2.23. The van der Waals surface area contributed by atoms with Gasteiger partial charge in [0.2, 0.25) is 10.0 Å². The van der Waals surface area contributed by atoms with Crippen LogP contribution in [0.3, 0.4) is 0 Å². The monoisotopic (exact) mass is 336 g/mol. The summed E-state index contributed by atoms with van der Waals surface area (Å²) >= 11 is 10.8. The SMILES string of the molecule is COC(C)(C)CNS(=O)(=O)c1cc(C(N)=S)ccc1Cl. The zero-order valence-corrected chi connectivity index (χ0v) is 13.8. The highest BCUT2D eigenvalue weighted by molar-refractivity contribution is 7.89. The minimum Gasteiger partial charge on any atom is -0.389 e. The van der Waals surface area contributed by atoms with E-state index in [0.717, 1.165) is 0 Å². The topological polar surface area (TPSA) is 81.4 Å². The molecule has 3 N–H and O–H groups in total. The van der Waals surface area contributed by atoms with Gasteiger partial charge in [0, 0.05) is 19.2 Å². The summed E-state index contributed by atoms with van der Waals surface area (Å²) in [7, 11) is -2.26. The van der Waals surface area contributed by atoms with E-state index in [1.807, 2.05) is 0 Å². The molecule has 0 amide bonds. The van der Waals surface area contributed by atoms with Crippen LogP contribution in [0.5, 0.6) is 0 Å². The summed E-state index contributed by atoms with van der Waals surface area (Å²) < 4.78 is 32.1. The van der Waals surface area contributed by atoms with Crippen molar-refractivity contribution in [2.45, 2.75) is 24.3 Å². The van der Waals surface area contributed by atoms with Crippen LogP contribution in [0.15, 0.2) is 23.1 Å². The van der Waals surface area contributed by atoms with E-state index in [9.17, 15) is 8.42 Å². The second kappa shape index (κ2) is 6.36. The minimum atomic E-state index is -3.77. The summed E-state index contributed by atoms with van der Waals surface area (Å²) in [5.41, 5.74) is 5.31. The number of ether oxygens (including phenoxy) is 1. The van der Waals surface area contributed by atoms with E-state index in [-0.39, 0.29) is 21.5 Å². The zero-order chi connectivity index (χ0) is 15.6. The molecule has 5 nitrogen and oxygen atoms in total. The van der Waals surface area contributed by atoms with Crippen molar-refractivity contribution in [3.8, 4) is 0 Å². The molecule has 0 atom stereocenters. The molecular formula is C12H17ClN2O3S2. The van der Waals surface area contributed by atoms with E-state index in [1.165, 1.54) is 19.2 Å². The Bertz CT molecular complexity index is 615. The summed E-state index contributed by atoms with van der Waals surface area (Å²) in [5, 5.41) is 0.104. The predicted octanol–water partition coefficient (Wildman–Crippen LogP) is 1.68. The van der Waals surface area contributed by atoms with Crippen molar-refractivity contribution in [2.75, 3.05) is 13.7 Å². The van der Waals surface area contributed by atoms with Crippen LogP contribution in [-0.4, -0.2) is 32.7 Å². The second-order valence-electron chi connectivity index (χ2n) is 4.80. The molecule has 1 rings (SSSR count). The molecule has 0 saturated heterocycles. The fourth-order valence-corrected chi connectivity index (χ4v) is 3.13. The molecule has 0 spiro atoms. The molecule has 0 aliphatic heterocycles. The smallest absolute Gasteiger partial charge is 0.242 e. The summed E-state index contributed by atoms with van der Waals surface area (Å²) in [6, 6.07) is 4.38. The van der Waals surface area contributed by atoms with E-state index in [2.05, 4.69) is 4.72 Å². The van der Waals surface area contributed by atoms with Gasteiger partial charge in [0.05, 0.1) is 10.6 Å². The average Bonchev–Trinajstić information content (AvgIpc) is 2.37. The lowest BCUT2D eigenvalue weighted by Crippen LogP contribution is -2.39. The first-order chi connectivity index (χ1) is 9.09. The Morgan fingerprint density at radius 2 is 2.10 bits per heavy atom. The van der Waals surface area contributed by atoms with Gasteiger partial charge in [-0.25, -0.2) is 13.1 Å². The van der Waals surface area contributed by atoms with Crippen LogP contribution in [0.25, 0.3) is 0 Å². The molecule has 0 radical (unpaired) electrons. The number of halogens is 1. The maximum absolute atomic E-state index is 12.3. The molecule has 0 aliphatic carbocycles. The molecule has 0 heterocycles. The predicted molar refractivity (Wildman–Crippen MR) is 83.6 cm³/mol. The normalized spacial score (nSPS) is 12.4. The molecule has 8 heteroatoms. The molecular weight excluding hydrogens is 320 g/mol. The number of benzene rings is 1. The summed E-state index contributed by atoms with van der Waals surface area (Å²) in [6.07, 6.45) is 0. The summed E-state index contributed by atoms with van der Waals surface area (Å²) in [4.78, 5) is 0.0479. The largest absolute Gasteiger partial charge is 0.389 e. The third-order valence-electron chi connectivity index (χ3n) is 2.75. The Kier molecular flexibility index (Phi) is 5.51. The van der Waals surface area contributed by atoms with Crippen LogP contribution in [0.1, 0.15) is 19.4 Å². The summed E-state index contributed by atoms with van der Waals surface area (Å²) in [5.74, 6) is 0. The van der Waals surface area contributed by atoms with E-state index < -0.39 is 15.6 Å². The average molecular weight is 337 g/mol. The van der Waals surface area contributed by atoms with E-state index in [0.29, 0.717) is 5.56 Å². The first kappa shape index (κ1) is 17.3. The molecule has 0 aliphatic rings. The highest BCUT2D eigenvalue weighted by Crippen LogP contribution is 2.23. The lowest BCUT2D eigenvalue weighted by molar-refractivity contribution is 0.0276. The number of rotatable bonds is 6. The van der Waals surface area contributed by atoms with Gasteiger partial charge in [0.25, 0.3) is 0 Å². The fourth-order valence-electron chi connectivity index (χ4n) is 1.28. The third-order valence-corrected chi connectivity index (χ3v) is 4.86.